The predicted octanol–water partition coefficient (Wildman–Crippen LogP) is 7.46. The van der Waals surface area contributed by atoms with Gasteiger partial charge in [0.15, 0.2) is 0 Å². The third kappa shape index (κ3) is 5.18. The number of piperidine rings is 1. The van der Waals surface area contributed by atoms with E-state index >= 15 is 0 Å². The average molecular weight is 537 g/mol. The minimum Gasteiger partial charge on any atom is -0.307 e. The number of para-hydroxylation sites is 1. The maximum atomic E-state index is 14.0. The number of carbonyl (C=O) groups excluding carboxylic acids is 1. The lowest BCUT2D eigenvalue weighted by Crippen LogP contribution is -2.48. The van der Waals surface area contributed by atoms with Gasteiger partial charge in [-0.05, 0) is 97.9 Å². The summed E-state index contributed by atoms with van der Waals surface area (Å²) >= 11 is 0. The van der Waals surface area contributed by atoms with Crippen LogP contribution in [0.4, 0.5) is 14.5 Å². The molecule has 5 heteroatoms. The molecular weight excluding hydrogens is 502 g/mol. The smallest absolute Gasteiger partial charge is 0.238 e. The first-order valence-electron chi connectivity index (χ1n) is 14.2. The Hall–Kier alpha value is -3.83. The number of hydrogen-bond acceptors (Lipinski definition) is 2. The Morgan fingerprint density at radius 1 is 0.725 bits per heavy atom. The van der Waals surface area contributed by atoms with Crippen LogP contribution in [0.2, 0.25) is 0 Å². The van der Waals surface area contributed by atoms with Crippen LogP contribution in [0.25, 0.3) is 0 Å². The van der Waals surface area contributed by atoms with Gasteiger partial charge in [0.05, 0.1) is 12.0 Å². The van der Waals surface area contributed by atoms with Crippen molar-refractivity contribution in [2.24, 2.45) is 0 Å². The molecule has 6 rings (SSSR count). The Morgan fingerprint density at radius 3 is 1.93 bits per heavy atom. The van der Waals surface area contributed by atoms with Crippen molar-refractivity contribution in [3.8, 4) is 0 Å². The third-order valence-electron chi connectivity index (χ3n) is 8.77. The molecular formula is C35H34F2N2O. The summed E-state index contributed by atoms with van der Waals surface area (Å²) in [6.07, 6.45) is 3.46. The van der Waals surface area contributed by atoms with Crippen molar-refractivity contribution in [2.45, 2.75) is 43.6 Å². The number of amides is 1. The van der Waals surface area contributed by atoms with Crippen molar-refractivity contribution in [1.29, 1.82) is 0 Å². The summed E-state index contributed by atoms with van der Waals surface area (Å²) in [7, 11) is 0. The zero-order chi connectivity index (χ0) is 27.5. The maximum absolute atomic E-state index is 14.0. The number of carbonyl (C=O) groups is 1. The van der Waals surface area contributed by atoms with Gasteiger partial charge in [-0.25, -0.2) is 8.78 Å². The van der Waals surface area contributed by atoms with E-state index in [2.05, 4.69) is 35.2 Å². The van der Waals surface area contributed by atoms with Crippen molar-refractivity contribution >= 4 is 11.6 Å². The third-order valence-corrected chi connectivity index (χ3v) is 8.77. The highest BCUT2D eigenvalue weighted by atomic mass is 19.1. The van der Waals surface area contributed by atoms with Gasteiger partial charge in [0.2, 0.25) is 5.91 Å². The molecule has 0 aromatic heterocycles. The predicted molar refractivity (Wildman–Crippen MR) is 155 cm³/mol. The molecule has 0 saturated carbocycles. The van der Waals surface area contributed by atoms with Gasteiger partial charge in [0, 0.05) is 11.6 Å². The van der Waals surface area contributed by atoms with Gasteiger partial charge < -0.3 is 9.80 Å². The van der Waals surface area contributed by atoms with Crippen LogP contribution in [0, 0.1) is 11.6 Å². The van der Waals surface area contributed by atoms with Gasteiger partial charge in [-0.1, -0.05) is 72.8 Å². The molecule has 0 unspecified atom stereocenters. The van der Waals surface area contributed by atoms with Crippen LogP contribution < -0.4 is 4.90 Å². The van der Waals surface area contributed by atoms with Gasteiger partial charge in [-0.3, -0.25) is 4.79 Å². The lowest BCUT2D eigenvalue weighted by atomic mass is 9.73. The fourth-order valence-corrected chi connectivity index (χ4v) is 6.60. The largest absolute Gasteiger partial charge is 0.307 e. The van der Waals surface area contributed by atoms with E-state index in [4.69, 9.17) is 0 Å². The van der Waals surface area contributed by atoms with Crippen molar-refractivity contribution in [3.63, 3.8) is 0 Å². The maximum Gasteiger partial charge on any atom is 0.238 e. The monoisotopic (exact) mass is 536 g/mol. The number of anilines is 1. The zero-order valence-corrected chi connectivity index (χ0v) is 22.6. The molecule has 2 aliphatic heterocycles. The summed E-state index contributed by atoms with van der Waals surface area (Å²) in [6, 6.07) is 31.8. The first-order valence-corrected chi connectivity index (χ1v) is 14.2. The van der Waals surface area contributed by atoms with E-state index in [1.807, 2.05) is 53.4 Å². The van der Waals surface area contributed by atoms with E-state index in [0.717, 1.165) is 67.7 Å². The second-order valence-corrected chi connectivity index (χ2v) is 11.1. The second kappa shape index (κ2) is 11.3. The molecule has 204 valence electrons. The highest BCUT2D eigenvalue weighted by Crippen LogP contribution is 2.48. The van der Waals surface area contributed by atoms with Crippen molar-refractivity contribution in [2.75, 3.05) is 24.5 Å². The molecule has 0 N–H and O–H groups in total. The summed E-state index contributed by atoms with van der Waals surface area (Å²) in [4.78, 5) is 18.4. The van der Waals surface area contributed by atoms with Crippen LogP contribution in [-0.2, 0) is 16.8 Å². The summed E-state index contributed by atoms with van der Waals surface area (Å²) < 4.78 is 27.2. The van der Waals surface area contributed by atoms with E-state index < -0.39 is 5.41 Å². The first-order chi connectivity index (χ1) is 19.5. The normalized spacial score (nSPS) is 16.6. The summed E-state index contributed by atoms with van der Waals surface area (Å²) in [5.74, 6) is -0.208. The molecule has 0 radical (unpaired) electrons. The molecule has 0 aliphatic carbocycles. The molecule has 4 aromatic carbocycles. The molecule has 3 nitrogen and oxygen atoms in total. The van der Waals surface area contributed by atoms with Crippen LogP contribution in [0.5, 0.6) is 0 Å². The van der Waals surface area contributed by atoms with Crippen LogP contribution in [0.3, 0.4) is 0 Å². The van der Waals surface area contributed by atoms with E-state index in [1.54, 1.807) is 0 Å². The summed E-state index contributed by atoms with van der Waals surface area (Å²) in [5.41, 5.74) is 4.98. The number of fused-ring (bicyclic) bond motifs is 2. The Kier molecular flexibility index (Phi) is 7.48. The number of benzene rings is 4. The van der Waals surface area contributed by atoms with Gasteiger partial charge in [-0.15, -0.1) is 0 Å². The zero-order valence-electron chi connectivity index (χ0n) is 22.6. The van der Waals surface area contributed by atoms with Crippen molar-refractivity contribution in [3.05, 3.63) is 137 Å². The summed E-state index contributed by atoms with van der Waals surface area (Å²) in [5, 5.41) is 0. The van der Waals surface area contributed by atoms with Crippen LogP contribution in [0.15, 0.2) is 103 Å². The lowest BCUT2D eigenvalue weighted by molar-refractivity contribution is -0.125. The molecule has 0 atom stereocenters. The Labute approximate surface area is 235 Å². The number of nitrogens with zero attached hydrogens (tertiary/aromatic N) is 2. The van der Waals surface area contributed by atoms with E-state index in [0.29, 0.717) is 6.54 Å². The minimum absolute atomic E-state index is 0.0761. The number of halogens is 2. The first kappa shape index (κ1) is 26.4. The molecule has 4 aromatic rings. The fourth-order valence-electron chi connectivity index (χ4n) is 6.60. The molecule has 1 amide bonds. The standard InChI is InChI=1S/C35H34F2N2O/c36-29-16-12-27(13-17-29)31(28-14-18-30(37)19-15-28)9-6-22-38-23-20-35(21-24-38)32-10-4-5-11-33(32)39(34(35)40)25-26-7-2-1-3-8-26/h1-5,7-8,10-19,31H,6,9,20-25H2. The highest BCUT2D eigenvalue weighted by Gasteiger charge is 2.51. The molecule has 2 aliphatic rings. The molecule has 1 saturated heterocycles. The number of rotatable bonds is 8. The average Bonchev–Trinajstić information content (AvgIpc) is 3.21. The second-order valence-electron chi connectivity index (χ2n) is 11.1. The minimum atomic E-state index is -0.452. The van der Waals surface area contributed by atoms with Crippen LogP contribution >= 0.6 is 0 Å². The van der Waals surface area contributed by atoms with Gasteiger partial charge in [-0.2, -0.15) is 0 Å². The Balaban J connectivity index is 1.12. The Morgan fingerprint density at radius 2 is 1.30 bits per heavy atom. The molecule has 1 fully saturated rings. The van der Waals surface area contributed by atoms with E-state index in [-0.39, 0.29) is 23.5 Å². The summed E-state index contributed by atoms with van der Waals surface area (Å²) in [6.45, 7) is 3.27. The molecule has 1 spiro atoms. The molecule has 2 heterocycles. The van der Waals surface area contributed by atoms with E-state index in [9.17, 15) is 13.6 Å². The number of likely N-dealkylation sites (tertiary alicyclic amines) is 1. The highest BCUT2D eigenvalue weighted by molar-refractivity contribution is 6.08. The topological polar surface area (TPSA) is 23.6 Å². The van der Waals surface area contributed by atoms with Crippen molar-refractivity contribution in [1.82, 2.24) is 4.90 Å². The van der Waals surface area contributed by atoms with Crippen molar-refractivity contribution < 1.29 is 13.6 Å². The van der Waals surface area contributed by atoms with Crippen LogP contribution in [0.1, 0.15) is 53.9 Å². The Bertz CT molecular complexity index is 1400. The quantitative estimate of drug-likeness (QED) is 0.233. The molecule has 0 bridgehead atoms. The SMILES string of the molecule is O=C1N(Cc2ccccc2)c2ccccc2C12CCN(CCCC(c1ccc(F)cc1)c1ccc(F)cc1)CC2. The van der Waals surface area contributed by atoms with Gasteiger partial charge >= 0.3 is 0 Å². The van der Waals surface area contributed by atoms with Gasteiger partial charge in [0.25, 0.3) is 0 Å². The molecule has 40 heavy (non-hydrogen) atoms. The lowest BCUT2D eigenvalue weighted by Gasteiger charge is -2.38. The van der Waals surface area contributed by atoms with Crippen LogP contribution in [-0.4, -0.2) is 30.4 Å². The van der Waals surface area contributed by atoms with E-state index in [1.165, 1.54) is 29.8 Å². The number of hydrogen-bond donors (Lipinski definition) is 0. The fraction of sp³-hybridized carbons (Fsp3) is 0.286. The van der Waals surface area contributed by atoms with Gasteiger partial charge in [0.1, 0.15) is 11.6 Å².